The molecule has 0 spiro atoms. The Bertz CT molecular complexity index is 511. The van der Waals surface area contributed by atoms with E-state index in [0.29, 0.717) is 16.2 Å². The number of pyridine rings is 1. The lowest BCUT2D eigenvalue weighted by Crippen LogP contribution is -1.88. The van der Waals surface area contributed by atoms with Crippen LogP contribution >= 0.6 is 11.6 Å². The lowest BCUT2D eigenvalue weighted by atomic mass is 10.3. The molecule has 0 fully saturated rings. The second-order valence-electron chi connectivity index (χ2n) is 2.50. The highest BCUT2D eigenvalue weighted by Gasteiger charge is 2.05. The summed E-state index contributed by atoms with van der Waals surface area (Å²) in [6.45, 7) is -0.125. The Labute approximate surface area is 84.3 Å². The number of hydrogen-bond acceptors (Lipinski definition) is 3. The first-order valence-electron chi connectivity index (χ1n) is 5.09. The summed E-state index contributed by atoms with van der Waals surface area (Å²) in [5.74, 6) is 0. The quantitative estimate of drug-likeness (QED) is 0.738. The lowest BCUT2D eigenvalue weighted by molar-refractivity contribution is 0.182. The van der Waals surface area contributed by atoms with Crippen LogP contribution in [0.4, 0.5) is 0 Å². The van der Waals surface area contributed by atoms with Crippen LogP contribution in [0.15, 0.2) is 18.3 Å². The molecule has 0 bridgehead atoms. The number of nitrogens with zero attached hydrogens (tertiary/aromatic N) is 3. The van der Waals surface area contributed by atoms with Gasteiger partial charge in [0.15, 0.2) is 0 Å². The van der Waals surface area contributed by atoms with Crippen molar-refractivity contribution in [1.82, 2.24) is 14.8 Å². The second kappa shape index (κ2) is 3.32. The van der Waals surface area contributed by atoms with Crippen LogP contribution in [-0.4, -0.2) is 21.9 Å². The summed E-state index contributed by atoms with van der Waals surface area (Å²) in [5, 5.41) is 8.16. The van der Waals surface area contributed by atoms with Crippen molar-refractivity contribution in [3.05, 3.63) is 29.0 Å². The Hall–Kier alpha value is -1.13. The van der Waals surface area contributed by atoms with Crippen molar-refractivity contribution in [3.63, 3.8) is 0 Å². The Morgan fingerprint density at radius 3 is 3.54 bits per heavy atom. The summed E-state index contributed by atoms with van der Waals surface area (Å²) in [6.07, 6.45) is 1.64. The molecule has 2 aromatic rings. The number of hydrogen-bond donors (Lipinski definition) is 0. The summed E-state index contributed by atoms with van der Waals surface area (Å²) in [6, 6.07) is 3.32. The zero-order chi connectivity index (χ0) is 11.8. The van der Waals surface area contributed by atoms with Crippen LogP contribution in [0.25, 0.3) is 5.52 Å². The number of ether oxygens (including phenoxy) is 1. The molecule has 0 atom stereocenters. The number of fused-ring (bicyclic) bond motifs is 1. The van der Waals surface area contributed by atoms with Crippen molar-refractivity contribution < 1.29 is 8.85 Å². The van der Waals surface area contributed by atoms with Crippen LogP contribution in [0.3, 0.4) is 0 Å². The number of halogens is 1. The van der Waals surface area contributed by atoms with Crippen LogP contribution in [0.5, 0.6) is 0 Å². The van der Waals surface area contributed by atoms with E-state index in [1.807, 2.05) is 0 Å². The van der Waals surface area contributed by atoms with Crippen molar-refractivity contribution in [3.8, 4) is 0 Å². The van der Waals surface area contributed by atoms with Crippen molar-refractivity contribution in [2.45, 2.75) is 6.61 Å². The smallest absolute Gasteiger partial charge is 0.116 e. The van der Waals surface area contributed by atoms with E-state index in [2.05, 4.69) is 15.0 Å². The molecule has 4 nitrogen and oxygen atoms in total. The largest absolute Gasteiger partial charge is 0.378 e. The van der Waals surface area contributed by atoms with Gasteiger partial charge in [0.1, 0.15) is 5.69 Å². The van der Waals surface area contributed by atoms with Crippen LogP contribution in [0.1, 0.15) is 9.81 Å². The fourth-order valence-electron chi connectivity index (χ4n) is 1.09. The fraction of sp³-hybridized carbons (Fsp3) is 0.250. The van der Waals surface area contributed by atoms with Crippen LogP contribution in [0, 0.1) is 0 Å². The monoisotopic (exact) mass is 200 g/mol. The summed E-state index contributed by atoms with van der Waals surface area (Å²) in [5.41, 5.74) is 1.08. The van der Waals surface area contributed by atoms with Gasteiger partial charge in [-0.05, 0) is 12.1 Å². The van der Waals surface area contributed by atoms with Gasteiger partial charge in [-0.25, -0.2) is 4.52 Å². The van der Waals surface area contributed by atoms with E-state index in [1.165, 1.54) is 4.52 Å². The summed E-state index contributed by atoms with van der Waals surface area (Å²) < 4.78 is 26.9. The zero-order valence-corrected chi connectivity index (χ0v) is 7.32. The average molecular weight is 201 g/mol. The third-order valence-electron chi connectivity index (χ3n) is 1.66. The van der Waals surface area contributed by atoms with Gasteiger partial charge in [-0.1, -0.05) is 16.8 Å². The van der Waals surface area contributed by atoms with E-state index in [9.17, 15) is 0 Å². The topological polar surface area (TPSA) is 39.4 Å². The SMILES string of the molecule is [2H]C([2H])([2H])OCc1nnn2ccc(Cl)cc12. The first-order valence-corrected chi connectivity index (χ1v) is 3.97. The molecule has 0 amide bonds. The predicted molar refractivity (Wildman–Crippen MR) is 48.7 cm³/mol. The Morgan fingerprint density at radius 1 is 1.77 bits per heavy atom. The lowest BCUT2D eigenvalue weighted by Gasteiger charge is -1.95. The van der Waals surface area contributed by atoms with Gasteiger partial charge < -0.3 is 4.74 Å². The normalized spacial score (nSPS) is 15.3. The number of aromatic nitrogens is 3. The maximum atomic E-state index is 6.91. The minimum absolute atomic E-state index is 0.125. The highest BCUT2D eigenvalue weighted by atomic mass is 35.5. The molecule has 0 N–H and O–H groups in total. The minimum atomic E-state index is -2.44. The Morgan fingerprint density at radius 2 is 2.69 bits per heavy atom. The molecule has 0 aliphatic rings. The molecule has 0 unspecified atom stereocenters. The van der Waals surface area contributed by atoms with Gasteiger partial charge in [0.05, 0.1) is 16.2 Å². The van der Waals surface area contributed by atoms with E-state index in [4.69, 9.17) is 15.7 Å². The fourth-order valence-corrected chi connectivity index (χ4v) is 1.24. The maximum Gasteiger partial charge on any atom is 0.116 e. The number of methoxy groups -OCH3 is 1. The molecule has 0 aliphatic carbocycles. The van der Waals surface area contributed by atoms with Crippen molar-refractivity contribution >= 4 is 17.1 Å². The summed E-state index contributed by atoms with van der Waals surface area (Å²) in [4.78, 5) is 0. The van der Waals surface area contributed by atoms with Gasteiger partial charge in [-0.15, -0.1) is 5.10 Å². The standard InChI is InChI=1S/C8H8ClN3O/c1-13-5-7-8-4-6(9)2-3-12(8)11-10-7/h2-4H,5H2,1H3/i1D3. The molecule has 0 saturated heterocycles. The van der Waals surface area contributed by atoms with Gasteiger partial charge in [0.25, 0.3) is 0 Å². The first kappa shape index (κ1) is 5.57. The van der Waals surface area contributed by atoms with Crippen molar-refractivity contribution in [2.24, 2.45) is 0 Å². The molecule has 0 radical (unpaired) electrons. The molecule has 0 saturated carbocycles. The molecule has 2 heterocycles. The van der Waals surface area contributed by atoms with E-state index in [-0.39, 0.29) is 6.61 Å². The average Bonchev–Trinajstić information content (AvgIpc) is 2.56. The van der Waals surface area contributed by atoms with Gasteiger partial charge >= 0.3 is 0 Å². The summed E-state index contributed by atoms with van der Waals surface area (Å²) in [7, 11) is -2.44. The second-order valence-corrected chi connectivity index (χ2v) is 2.94. The third-order valence-corrected chi connectivity index (χ3v) is 1.90. The summed E-state index contributed by atoms with van der Waals surface area (Å²) >= 11 is 5.82. The minimum Gasteiger partial charge on any atom is -0.378 e. The molecule has 0 aliphatic heterocycles. The van der Waals surface area contributed by atoms with Crippen molar-refractivity contribution in [2.75, 3.05) is 7.04 Å². The molecule has 68 valence electrons. The van der Waals surface area contributed by atoms with E-state index < -0.39 is 7.04 Å². The highest BCUT2D eigenvalue weighted by molar-refractivity contribution is 6.30. The van der Waals surface area contributed by atoms with E-state index in [1.54, 1.807) is 18.3 Å². The van der Waals surface area contributed by atoms with Gasteiger partial charge in [0, 0.05) is 18.3 Å². The van der Waals surface area contributed by atoms with E-state index >= 15 is 0 Å². The molecule has 2 aromatic heterocycles. The van der Waals surface area contributed by atoms with Crippen molar-refractivity contribution in [1.29, 1.82) is 0 Å². The molecular weight excluding hydrogens is 190 g/mol. The predicted octanol–water partition coefficient (Wildman–Crippen LogP) is 1.53. The number of rotatable bonds is 2. The van der Waals surface area contributed by atoms with Gasteiger partial charge in [-0.3, -0.25) is 0 Å². The van der Waals surface area contributed by atoms with Crippen LogP contribution in [-0.2, 0) is 11.3 Å². The van der Waals surface area contributed by atoms with Gasteiger partial charge in [-0.2, -0.15) is 0 Å². The third kappa shape index (κ3) is 1.50. The maximum absolute atomic E-state index is 6.91. The highest BCUT2D eigenvalue weighted by Crippen LogP contribution is 2.14. The molecular formula is C8H8ClN3O. The van der Waals surface area contributed by atoms with Gasteiger partial charge in [0.2, 0.25) is 0 Å². The van der Waals surface area contributed by atoms with Crippen LogP contribution < -0.4 is 0 Å². The zero-order valence-electron chi connectivity index (χ0n) is 9.57. The molecule has 13 heavy (non-hydrogen) atoms. The van der Waals surface area contributed by atoms with Crippen LogP contribution in [0.2, 0.25) is 5.02 Å². The Kier molecular flexibility index (Phi) is 1.42. The molecule has 0 aromatic carbocycles. The van der Waals surface area contributed by atoms with E-state index in [0.717, 1.165) is 0 Å². The Balaban J connectivity index is 2.28. The molecule has 2 rings (SSSR count). The molecule has 5 heteroatoms. The first-order chi connectivity index (χ1) is 7.46.